The Morgan fingerprint density at radius 2 is 1.86 bits per heavy atom. The van der Waals surface area contributed by atoms with Crippen LogP contribution in [0.3, 0.4) is 0 Å². The van der Waals surface area contributed by atoms with Gasteiger partial charge in [-0.3, -0.25) is 4.79 Å². The van der Waals surface area contributed by atoms with Crippen LogP contribution < -0.4 is 0 Å². The molecule has 1 aliphatic heterocycles. The molecule has 7 heteroatoms. The molecule has 1 aliphatic rings. The average molecular weight is 452 g/mol. The monoisotopic (exact) mass is 451 g/mol. The number of thioether (sulfide) groups is 1. The molecule has 2 unspecified atom stereocenters. The van der Waals surface area contributed by atoms with Crippen molar-refractivity contribution < 1.29 is 14.3 Å². The Bertz CT molecular complexity index is 876. The lowest BCUT2D eigenvalue weighted by atomic mass is 10.1. The van der Waals surface area contributed by atoms with Gasteiger partial charge < -0.3 is 9.64 Å². The van der Waals surface area contributed by atoms with Crippen molar-refractivity contribution in [3.8, 4) is 0 Å². The Labute approximate surface area is 185 Å². The molecule has 0 saturated carbocycles. The zero-order valence-corrected chi connectivity index (χ0v) is 18.6. The molecule has 2 atom stereocenters. The highest BCUT2D eigenvalue weighted by Crippen LogP contribution is 2.35. The van der Waals surface area contributed by atoms with E-state index in [0.717, 1.165) is 12.8 Å². The third-order valence-corrected chi connectivity index (χ3v) is 6.74. The molecule has 154 valence electrons. The van der Waals surface area contributed by atoms with Gasteiger partial charge in [-0.1, -0.05) is 53.5 Å². The summed E-state index contributed by atoms with van der Waals surface area (Å²) in [6.45, 7) is 3.61. The summed E-state index contributed by atoms with van der Waals surface area (Å²) in [6.07, 6.45) is 1.32. The minimum atomic E-state index is -0.620. The van der Waals surface area contributed by atoms with Crippen LogP contribution in [0, 0.1) is 0 Å². The van der Waals surface area contributed by atoms with E-state index in [1.807, 2.05) is 18.2 Å². The van der Waals surface area contributed by atoms with E-state index < -0.39 is 6.04 Å². The maximum atomic E-state index is 13.3. The second-order valence-corrected chi connectivity index (χ2v) is 9.18. The average Bonchev–Trinajstić information content (AvgIpc) is 3.12. The number of amides is 1. The first-order valence-corrected chi connectivity index (χ1v) is 11.3. The first-order valence-electron chi connectivity index (χ1n) is 9.50. The number of aryl methyl sites for hydroxylation is 1. The van der Waals surface area contributed by atoms with Crippen molar-refractivity contribution in [1.82, 2.24) is 4.90 Å². The van der Waals surface area contributed by atoms with Crippen LogP contribution in [0.5, 0.6) is 0 Å². The normalized spacial score (nSPS) is 18.9. The lowest BCUT2D eigenvalue weighted by molar-refractivity contribution is -0.151. The third kappa shape index (κ3) is 5.47. The quantitative estimate of drug-likeness (QED) is 0.546. The van der Waals surface area contributed by atoms with Crippen molar-refractivity contribution in [3.63, 3.8) is 0 Å². The predicted molar refractivity (Wildman–Crippen MR) is 119 cm³/mol. The van der Waals surface area contributed by atoms with Gasteiger partial charge in [0, 0.05) is 11.3 Å². The lowest BCUT2D eigenvalue weighted by Gasteiger charge is -2.29. The third-order valence-electron chi connectivity index (χ3n) is 4.64. The van der Waals surface area contributed by atoms with Crippen LogP contribution in [0.4, 0.5) is 0 Å². The number of halogens is 2. The minimum Gasteiger partial charge on any atom is -0.461 e. The van der Waals surface area contributed by atoms with Gasteiger partial charge in [0.05, 0.1) is 21.5 Å². The first kappa shape index (κ1) is 22.0. The van der Waals surface area contributed by atoms with Crippen molar-refractivity contribution in [2.24, 2.45) is 0 Å². The number of rotatable bonds is 6. The molecule has 3 rings (SSSR count). The van der Waals surface area contributed by atoms with Crippen LogP contribution in [-0.4, -0.2) is 40.0 Å². The van der Waals surface area contributed by atoms with E-state index in [4.69, 9.17) is 27.9 Å². The first-order chi connectivity index (χ1) is 13.9. The second-order valence-electron chi connectivity index (χ2n) is 7.16. The maximum Gasteiger partial charge on any atom is 0.330 e. The number of carbonyl (C=O) groups excluding carboxylic acids is 2. The van der Waals surface area contributed by atoms with E-state index in [-0.39, 0.29) is 23.4 Å². The molecule has 1 fully saturated rings. The van der Waals surface area contributed by atoms with Crippen molar-refractivity contribution in [2.75, 3.05) is 5.75 Å². The van der Waals surface area contributed by atoms with Gasteiger partial charge in [0.1, 0.15) is 6.04 Å². The molecule has 4 nitrogen and oxygen atoms in total. The van der Waals surface area contributed by atoms with Gasteiger partial charge in [0.2, 0.25) is 0 Å². The number of ether oxygens (including phenoxy) is 1. The smallest absolute Gasteiger partial charge is 0.330 e. The SMILES string of the molecule is CC(C)OC(=O)C1CSC(CCc2ccccc2)N1C(=O)c1ccc(Cl)c(Cl)c1. The number of carbonyl (C=O) groups is 2. The van der Waals surface area contributed by atoms with Crippen molar-refractivity contribution >= 4 is 46.8 Å². The van der Waals surface area contributed by atoms with Gasteiger partial charge in [0.25, 0.3) is 5.91 Å². The Morgan fingerprint density at radius 1 is 1.14 bits per heavy atom. The van der Waals surface area contributed by atoms with Crippen LogP contribution in [-0.2, 0) is 16.0 Å². The molecule has 1 amide bonds. The second kappa shape index (κ2) is 9.88. The highest BCUT2D eigenvalue weighted by Gasteiger charge is 2.42. The lowest BCUT2D eigenvalue weighted by Crippen LogP contribution is -2.47. The molecular weight excluding hydrogens is 429 g/mol. The Kier molecular flexibility index (Phi) is 7.49. The molecule has 0 N–H and O–H groups in total. The van der Waals surface area contributed by atoms with E-state index in [1.165, 1.54) is 5.56 Å². The molecule has 0 bridgehead atoms. The van der Waals surface area contributed by atoms with E-state index >= 15 is 0 Å². The molecule has 29 heavy (non-hydrogen) atoms. The predicted octanol–water partition coefficient (Wildman–Crippen LogP) is 5.46. The largest absolute Gasteiger partial charge is 0.461 e. The number of hydrogen-bond donors (Lipinski definition) is 0. The van der Waals surface area contributed by atoms with E-state index in [2.05, 4.69) is 12.1 Å². The summed E-state index contributed by atoms with van der Waals surface area (Å²) in [5.74, 6) is -0.0987. The fourth-order valence-electron chi connectivity index (χ4n) is 3.26. The number of hydrogen-bond acceptors (Lipinski definition) is 4. The minimum absolute atomic E-state index is 0.123. The summed E-state index contributed by atoms with van der Waals surface area (Å²) in [5.41, 5.74) is 1.61. The zero-order valence-electron chi connectivity index (χ0n) is 16.3. The van der Waals surface area contributed by atoms with E-state index in [9.17, 15) is 9.59 Å². The molecule has 1 saturated heterocycles. The highest BCUT2D eigenvalue weighted by molar-refractivity contribution is 8.00. The zero-order chi connectivity index (χ0) is 21.0. The molecule has 0 spiro atoms. The highest BCUT2D eigenvalue weighted by atomic mass is 35.5. The summed E-state index contributed by atoms with van der Waals surface area (Å²) < 4.78 is 5.41. The van der Waals surface area contributed by atoms with Crippen molar-refractivity contribution in [2.45, 2.75) is 44.2 Å². The summed E-state index contributed by atoms with van der Waals surface area (Å²) in [4.78, 5) is 27.7. The molecule has 0 aliphatic carbocycles. The summed E-state index contributed by atoms with van der Waals surface area (Å²) in [5, 5.41) is 0.573. The fourth-order valence-corrected chi connectivity index (χ4v) is 4.95. The topological polar surface area (TPSA) is 46.6 Å². The van der Waals surface area contributed by atoms with Crippen LogP contribution in [0.25, 0.3) is 0 Å². The molecule has 0 radical (unpaired) electrons. The van der Waals surface area contributed by atoms with Gasteiger partial charge in [-0.25, -0.2) is 4.79 Å². The summed E-state index contributed by atoms with van der Waals surface area (Å²) >= 11 is 13.7. The molecular formula is C22H23Cl2NO3S. The van der Waals surface area contributed by atoms with Crippen molar-refractivity contribution in [3.05, 3.63) is 69.7 Å². The molecule has 0 aromatic heterocycles. The van der Waals surface area contributed by atoms with Crippen molar-refractivity contribution in [1.29, 1.82) is 0 Å². The van der Waals surface area contributed by atoms with Gasteiger partial charge in [0.15, 0.2) is 0 Å². The molecule has 2 aromatic carbocycles. The van der Waals surface area contributed by atoms with Crippen LogP contribution in [0.1, 0.15) is 36.2 Å². The van der Waals surface area contributed by atoms with Gasteiger partial charge in [-0.2, -0.15) is 0 Å². The van der Waals surface area contributed by atoms with Crippen LogP contribution in [0.15, 0.2) is 48.5 Å². The maximum absolute atomic E-state index is 13.3. The van der Waals surface area contributed by atoms with E-state index in [0.29, 0.717) is 21.4 Å². The van der Waals surface area contributed by atoms with Gasteiger partial charge in [-0.15, -0.1) is 11.8 Å². The fraction of sp³-hybridized carbons (Fsp3) is 0.364. The summed E-state index contributed by atoms with van der Waals surface area (Å²) in [6, 6.07) is 14.3. The Hall–Kier alpha value is -1.69. The number of benzene rings is 2. The molecule has 1 heterocycles. The summed E-state index contributed by atoms with van der Waals surface area (Å²) in [7, 11) is 0. The Balaban J connectivity index is 1.83. The van der Waals surface area contributed by atoms with Crippen LogP contribution in [0.2, 0.25) is 10.0 Å². The Morgan fingerprint density at radius 3 is 2.52 bits per heavy atom. The van der Waals surface area contributed by atoms with Crippen LogP contribution >= 0.6 is 35.0 Å². The van der Waals surface area contributed by atoms with Gasteiger partial charge >= 0.3 is 5.97 Å². The number of nitrogens with zero attached hydrogens (tertiary/aromatic N) is 1. The van der Waals surface area contributed by atoms with Gasteiger partial charge in [-0.05, 0) is 50.5 Å². The van der Waals surface area contributed by atoms with E-state index in [1.54, 1.807) is 48.7 Å². The number of esters is 1. The standard InChI is InChI=1S/C22H23Cl2NO3S/c1-14(2)28-22(27)19-13-29-20(11-8-15-6-4-3-5-7-15)25(19)21(26)16-9-10-17(23)18(24)12-16/h3-7,9-10,12,14,19-20H,8,11,13H2,1-2H3. The molecule has 2 aromatic rings.